The van der Waals surface area contributed by atoms with E-state index in [0.717, 1.165) is 51.3 Å². The van der Waals surface area contributed by atoms with Crippen molar-refractivity contribution in [2.75, 3.05) is 39.4 Å². The van der Waals surface area contributed by atoms with Gasteiger partial charge in [0, 0.05) is 39.4 Å². The Hall–Kier alpha value is -0.0400. The van der Waals surface area contributed by atoms with E-state index in [1.54, 1.807) is 0 Å². The highest BCUT2D eigenvalue weighted by Gasteiger charge is 2.42. The van der Waals surface area contributed by atoms with Crippen LogP contribution in [0.4, 0.5) is 0 Å². The van der Waals surface area contributed by atoms with Crippen molar-refractivity contribution in [3.63, 3.8) is 0 Å². The maximum absolute atomic E-state index is 5.52. The molecule has 0 spiro atoms. The summed E-state index contributed by atoms with van der Waals surface area (Å²) in [6, 6.07) is 0. The van der Waals surface area contributed by atoms with Crippen LogP contribution in [0.3, 0.4) is 0 Å². The van der Waals surface area contributed by atoms with Crippen LogP contribution in [0.1, 0.15) is 52.9 Å². The Morgan fingerprint density at radius 1 is 1.36 bits per heavy atom. The monoisotopic (exact) mass is 423 g/mol. The summed E-state index contributed by atoms with van der Waals surface area (Å²) >= 11 is 0. The highest BCUT2D eigenvalue weighted by atomic mass is 127. The number of hydrogen-bond donors (Lipinski definition) is 1. The first-order valence-corrected chi connectivity index (χ1v) is 8.80. The first-order chi connectivity index (χ1) is 10.2. The fraction of sp³-hybridized carbons (Fsp3) is 0.941. The van der Waals surface area contributed by atoms with Crippen LogP contribution in [-0.2, 0) is 4.74 Å². The van der Waals surface area contributed by atoms with Crippen LogP contribution < -0.4 is 5.32 Å². The van der Waals surface area contributed by atoms with Crippen molar-refractivity contribution in [1.29, 1.82) is 0 Å². The van der Waals surface area contributed by atoms with E-state index in [-0.39, 0.29) is 24.0 Å². The molecule has 1 heterocycles. The number of rotatable bonds is 7. The fourth-order valence-corrected chi connectivity index (χ4v) is 3.15. The molecule has 1 saturated heterocycles. The number of guanidine groups is 1. The average Bonchev–Trinajstić information content (AvgIpc) is 3.24. The summed E-state index contributed by atoms with van der Waals surface area (Å²) in [6.07, 6.45) is 6.45. The Balaban J connectivity index is 0.00000242. The molecule has 0 aromatic rings. The highest BCUT2D eigenvalue weighted by Crippen LogP contribution is 2.49. The van der Waals surface area contributed by atoms with E-state index in [0.29, 0.717) is 5.41 Å². The number of halogens is 1. The lowest BCUT2D eigenvalue weighted by Gasteiger charge is -2.33. The largest absolute Gasteiger partial charge is 0.382 e. The molecule has 22 heavy (non-hydrogen) atoms. The van der Waals surface area contributed by atoms with Gasteiger partial charge >= 0.3 is 0 Å². The minimum atomic E-state index is 0. The van der Waals surface area contributed by atoms with Gasteiger partial charge in [-0.25, -0.2) is 0 Å². The second kappa shape index (κ2) is 9.96. The van der Waals surface area contributed by atoms with Gasteiger partial charge in [0.1, 0.15) is 0 Å². The van der Waals surface area contributed by atoms with E-state index < -0.39 is 0 Å². The van der Waals surface area contributed by atoms with Crippen molar-refractivity contribution in [3.05, 3.63) is 0 Å². The van der Waals surface area contributed by atoms with Gasteiger partial charge in [0.15, 0.2) is 5.96 Å². The number of likely N-dealkylation sites (tertiary alicyclic amines) is 1. The van der Waals surface area contributed by atoms with Gasteiger partial charge in [-0.2, -0.15) is 0 Å². The van der Waals surface area contributed by atoms with Gasteiger partial charge in [0.25, 0.3) is 0 Å². The smallest absolute Gasteiger partial charge is 0.193 e. The molecule has 1 saturated carbocycles. The molecule has 2 rings (SSSR count). The minimum Gasteiger partial charge on any atom is -0.382 e. The predicted molar refractivity (Wildman–Crippen MR) is 104 cm³/mol. The molecule has 1 atom stereocenters. The highest BCUT2D eigenvalue weighted by molar-refractivity contribution is 14.0. The summed E-state index contributed by atoms with van der Waals surface area (Å²) in [5.41, 5.74) is 0.442. The van der Waals surface area contributed by atoms with Crippen LogP contribution in [0.25, 0.3) is 0 Å². The van der Waals surface area contributed by atoms with Gasteiger partial charge < -0.3 is 15.0 Å². The van der Waals surface area contributed by atoms with Crippen molar-refractivity contribution in [3.8, 4) is 0 Å². The molecule has 0 aromatic heterocycles. The molecule has 0 amide bonds. The molecular weight excluding hydrogens is 389 g/mol. The molecule has 2 aliphatic rings. The minimum absolute atomic E-state index is 0. The first-order valence-electron chi connectivity index (χ1n) is 8.80. The number of piperidine rings is 1. The first kappa shape index (κ1) is 20.0. The van der Waals surface area contributed by atoms with Gasteiger partial charge in [-0.3, -0.25) is 4.99 Å². The number of aliphatic imine (C=N–C) groups is 1. The summed E-state index contributed by atoms with van der Waals surface area (Å²) in [5, 5.41) is 3.49. The predicted octanol–water partition coefficient (Wildman–Crippen LogP) is 3.51. The van der Waals surface area contributed by atoms with Crippen molar-refractivity contribution in [2.45, 2.75) is 52.9 Å². The molecule has 1 aliphatic heterocycles. The third-order valence-corrected chi connectivity index (χ3v) is 4.79. The van der Waals surface area contributed by atoms with E-state index in [2.05, 4.69) is 31.0 Å². The Morgan fingerprint density at radius 3 is 2.73 bits per heavy atom. The number of nitrogens with zero attached hydrogens (tertiary/aromatic N) is 2. The zero-order valence-corrected chi connectivity index (χ0v) is 16.9. The van der Waals surface area contributed by atoms with Gasteiger partial charge in [-0.15, -0.1) is 24.0 Å². The molecule has 1 unspecified atom stereocenters. The summed E-state index contributed by atoms with van der Waals surface area (Å²) < 4.78 is 5.52. The van der Waals surface area contributed by atoms with E-state index in [9.17, 15) is 0 Å². The number of nitrogens with one attached hydrogen (secondary N) is 1. The fourth-order valence-electron chi connectivity index (χ4n) is 3.15. The Labute approximate surface area is 153 Å². The van der Waals surface area contributed by atoms with Crippen LogP contribution in [0, 0.1) is 11.3 Å². The average molecular weight is 423 g/mol. The van der Waals surface area contributed by atoms with E-state index in [1.807, 2.05) is 0 Å². The molecule has 1 N–H and O–H groups in total. The van der Waals surface area contributed by atoms with Crippen molar-refractivity contribution >= 4 is 29.9 Å². The third-order valence-electron chi connectivity index (χ3n) is 4.79. The molecule has 0 aromatic carbocycles. The van der Waals surface area contributed by atoms with Gasteiger partial charge in [-0.05, 0) is 57.3 Å². The summed E-state index contributed by atoms with van der Waals surface area (Å²) in [5.74, 6) is 1.92. The molecule has 1 aliphatic carbocycles. The molecule has 4 nitrogen and oxygen atoms in total. The van der Waals surface area contributed by atoms with Crippen LogP contribution in [0.15, 0.2) is 4.99 Å². The zero-order valence-electron chi connectivity index (χ0n) is 14.6. The molecular formula is C17H34IN3O. The lowest BCUT2D eigenvalue weighted by molar-refractivity contribution is 0.129. The van der Waals surface area contributed by atoms with Gasteiger partial charge in [-0.1, -0.05) is 6.92 Å². The van der Waals surface area contributed by atoms with Crippen LogP contribution in [-0.4, -0.2) is 50.3 Å². The molecule has 0 bridgehead atoms. The van der Waals surface area contributed by atoms with Crippen molar-refractivity contribution < 1.29 is 4.74 Å². The van der Waals surface area contributed by atoms with Gasteiger partial charge in [0.05, 0.1) is 0 Å². The SMILES string of the molecule is CCNC(=NCC1(CCOCC)CC1)N1CCCC(C)C1.I. The van der Waals surface area contributed by atoms with Crippen molar-refractivity contribution in [2.24, 2.45) is 16.3 Å². The molecule has 130 valence electrons. The topological polar surface area (TPSA) is 36.9 Å². The second-order valence-electron chi connectivity index (χ2n) is 6.81. The lowest BCUT2D eigenvalue weighted by atomic mass is 10.0. The summed E-state index contributed by atoms with van der Waals surface area (Å²) in [6.45, 7) is 12.5. The maximum Gasteiger partial charge on any atom is 0.193 e. The Bertz CT molecular complexity index is 345. The number of ether oxygens (including phenoxy) is 1. The molecule has 2 fully saturated rings. The quantitative estimate of drug-likeness (QED) is 0.295. The van der Waals surface area contributed by atoms with E-state index in [1.165, 1.54) is 32.1 Å². The Morgan fingerprint density at radius 2 is 2.14 bits per heavy atom. The standard InChI is InChI=1S/C17H33N3O.HI/c1-4-18-16(20-11-6-7-15(3)13-20)19-14-17(8-9-17)10-12-21-5-2;/h15H,4-14H2,1-3H3,(H,18,19);1H. The summed E-state index contributed by atoms with van der Waals surface area (Å²) in [4.78, 5) is 7.42. The zero-order chi connectivity index (χ0) is 15.1. The Kier molecular flexibility index (Phi) is 9.05. The second-order valence-corrected chi connectivity index (χ2v) is 6.81. The molecule has 5 heteroatoms. The van der Waals surface area contributed by atoms with E-state index in [4.69, 9.17) is 9.73 Å². The summed E-state index contributed by atoms with van der Waals surface area (Å²) in [7, 11) is 0. The van der Waals surface area contributed by atoms with Crippen molar-refractivity contribution in [1.82, 2.24) is 10.2 Å². The molecule has 0 radical (unpaired) electrons. The van der Waals surface area contributed by atoms with Crippen LogP contribution in [0.5, 0.6) is 0 Å². The normalized spacial score (nSPS) is 23.9. The van der Waals surface area contributed by atoms with E-state index >= 15 is 0 Å². The maximum atomic E-state index is 5.52. The number of hydrogen-bond acceptors (Lipinski definition) is 2. The van der Waals surface area contributed by atoms with Gasteiger partial charge in [0.2, 0.25) is 0 Å². The lowest BCUT2D eigenvalue weighted by Crippen LogP contribution is -2.46. The van der Waals surface area contributed by atoms with Crippen LogP contribution >= 0.6 is 24.0 Å². The third kappa shape index (κ3) is 6.22. The van der Waals surface area contributed by atoms with Crippen LogP contribution in [0.2, 0.25) is 0 Å².